The lowest BCUT2D eigenvalue weighted by molar-refractivity contribution is 0.411. The van der Waals surface area contributed by atoms with Crippen molar-refractivity contribution in [3.8, 4) is 5.75 Å². The number of H-pyrrole nitrogens is 1. The first kappa shape index (κ1) is 13.3. The second kappa shape index (κ2) is 5.36. The first-order chi connectivity index (χ1) is 10.2. The minimum atomic E-state index is -0.437. The summed E-state index contributed by atoms with van der Waals surface area (Å²) in [6.07, 6.45) is 0. The zero-order chi connectivity index (χ0) is 14.8. The van der Waals surface area contributed by atoms with Crippen molar-refractivity contribution in [3.63, 3.8) is 0 Å². The summed E-state index contributed by atoms with van der Waals surface area (Å²) in [6, 6.07) is 11.6. The monoisotopic (exact) mass is 284 g/mol. The number of ether oxygens (including phenoxy) is 1. The van der Waals surface area contributed by atoms with E-state index in [0.717, 1.165) is 22.6 Å². The number of anilines is 1. The van der Waals surface area contributed by atoms with E-state index in [1.54, 1.807) is 13.2 Å². The van der Waals surface area contributed by atoms with E-state index in [4.69, 9.17) is 9.15 Å². The summed E-state index contributed by atoms with van der Waals surface area (Å²) in [5.41, 5.74) is 4.44. The van der Waals surface area contributed by atoms with Crippen LogP contribution in [0.1, 0.15) is 11.1 Å². The molecule has 0 saturated carbocycles. The molecule has 0 unspecified atom stereocenters. The van der Waals surface area contributed by atoms with Crippen LogP contribution in [0.5, 0.6) is 5.75 Å². The Kier molecular flexibility index (Phi) is 3.39. The van der Waals surface area contributed by atoms with Gasteiger partial charge >= 0.3 is 5.76 Å². The molecule has 0 aliphatic carbocycles. The Morgan fingerprint density at radius 1 is 1.24 bits per heavy atom. The molecule has 1 heterocycles. The van der Waals surface area contributed by atoms with Gasteiger partial charge in [-0.05, 0) is 42.3 Å². The van der Waals surface area contributed by atoms with Crippen molar-refractivity contribution < 1.29 is 9.15 Å². The van der Waals surface area contributed by atoms with E-state index < -0.39 is 5.76 Å². The van der Waals surface area contributed by atoms with Gasteiger partial charge in [0, 0.05) is 12.2 Å². The van der Waals surface area contributed by atoms with Crippen LogP contribution in [0.25, 0.3) is 11.1 Å². The van der Waals surface area contributed by atoms with Crippen molar-refractivity contribution in [3.05, 3.63) is 58.1 Å². The molecule has 0 fully saturated rings. The lowest BCUT2D eigenvalue weighted by atomic mass is 10.1. The molecule has 1 aromatic heterocycles. The average molecular weight is 284 g/mol. The third-order valence-corrected chi connectivity index (χ3v) is 3.37. The smallest absolute Gasteiger partial charge is 0.417 e. The Hall–Kier alpha value is -2.69. The number of fused-ring (bicyclic) bond motifs is 1. The van der Waals surface area contributed by atoms with Crippen molar-refractivity contribution in [1.82, 2.24) is 4.98 Å². The number of hydrogen-bond acceptors (Lipinski definition) is 4. The molecule has 0 aliphatic heterocycles. The lowest BCUT2D eigenvalue weighted by Gasteiger charge is -2.09. The maximum atomic E-state index is 11.1. The van der Waals surface area contributed by atoms with Gasteiger partial charge in [-0.1, -0.05) is 12.1 Å². The summed E-state index contributed by atoms with van der Waals surface area (Å²) >= 11 is 0. The number of nitrogens with one attached hydrogen (secondary N) is 2. The Morgan fingerprint density at radius 3 is 2.86 bits per heavy atom. The average Bonchev–Trinajstić information content (AvgIpc) is 2.84. The normalized spacial score (nSPS) is 10.8. The zero-order valence-corrected chi connectivity index (χ0v) is 11.9. The highest BCUT2D eigenvalue weighted by molar-refractivity contribution is 5.76. The molecule has 2 N–H and O–H groups in total. The minimum Gasteiger partial charge on any atom is -0.496 e. The van der Waals surface area contributed by atoms with Gasteiger partial charge in [0.25, 0.3) is 0 Å². The second-order valence-electron chi connectivity index (χ2n) is 4.88. The van der Waals surface area contributed by atoms with Crippen LogP contribution in [0.15, 0.2) is 45.6 Å². The quantitative estimate of drug-likeness (QED) is 0.772. The van der Waals surface area contributed by atoms with E-state index in [-0.39, 0.29) is 0 Å². The van der Waals surface area contributed by atoms with Crippen LogP contribution in [0.2, 0.25) is 0 Å². The molecule has 3 aromatic rings. The third kappa shape index (κ3) is 2.76. The number of aryl methyl sites for hydroxylation is 1. The second-order valence-corrected chi connectivity index (χ2v) is 4.88. The van der Waals surface area contributed by atoms with Crippen LogP contribution in [-0.4, -0.2) is 12.1 Å². The summed E-state index contributed by atoms with van der Waals surface area (Å²) in [5.74, 6) is 0.448. The van der Waals surface area contributed by atoms with Gasteiger partial charge < -0.3 is 14.5 Å². The SMILES string of the molecule is COc1ccc(CNc2ccc3oc(=O)[nH]c3c2)cc1C. The molecule has 0 saturated heterocycles. The third-order valence-electron chi connectivity index (χ3n) is 3.37. The topological polar surface area (TPSA) is 67.3 Å². The fraction of sp³-hybridized carbons (Fsp3) is 0.188. The lowest BCUT2D eigenvalue weighted by Crippen LogP contribution is -2.00. The maximum absolute atomic E-state index is 11.1. The Balaban J connectivity index is 1.76. The van der Waals surface area contributed by atoms with Gasteiger partial charge in [-0.25, -0.2) is 4.79 Å². The van der Waals surface area contributed by atoms with E-state index in [9.17, 15) is 4.79 Å². The molecule has 0 spiro atoms. The predicted octanol–water partition coefficient (Wildman–Crippen LogP) is 3.05. The summed E-state index contributed by atoms with van der Waals surface area (Å²) in [4.78, 5) is 13.8. The van der Waals surface area contributed by atoms with E-state index in [1.165, 1.54) is 0 Å². The molecule has 5 nitrogen and oxygen atoms in total. The van der Waals surface area contributed by atoms with Crippen LogP contribution >= 0.6 is 0 Å². The van der Waals surface area contributed by atoms with Crippen LogP contribution in [-0.2, 0) is 6.54 Å². The fourth-order valence-electron chi connectivity index (χ4n) is 2.32. The van der Waals surface area contributed by atoms with Gasteiger partial charge in [0.05, 0.1) is 12.6 Å². The first-order valence-corrected chi connectivity index (χ1v) is 6.66. The van der Waals surface area contributed by atoms with Crippen molar-refractivity contribution in [1.29, 1.82) is 0 Å². The van der Waals surface area contributed by atoms with Crippen LogP contribution in [0.3, 0.4) is 0 Å². The van der Waals surface area contributed by atoms with Gasteiger partial charge in [-0.2, -0.15) is 0 Å². The Bertz CT molecular complexity index is 833. The molecule has 5 heteroatoms. The summed E-state index contributed by atoms with van der Waals surface area (Å²) in [5, 5.41) is 3.32. The molecule has 0 atom stereocenters. The van der Waals surface area contributed by atoms with E-state index in [0.29, 0.717) is 17.6 Å². The Labute approximate surface area is 121 Å². The molecule has 21 heavy (non-hydrogen) atoms. The number of aromatic nitrogens is 1. The summed E-state index contributed by atoms with van der Waals surface area (Å²) in [7, 11) is 1.67. The zero-order valence-electron chi connectivity index (χ0n) is 11.9. The highest BCUT2D eigenvalue weighted by atomic mass is 16.5. The van der Waals surface area contributed by atoms with E-state index in [2.05, 4.69) is 16.4 Å². The van der Waals surface area contributed by atoms with Crippen molar-refractivity contribution in [2.45, 2.75) is 13.5 Å². The van der Waals surface area contributed by atoms with Crippen molar-refractivity contribution in [2.24, 2.45) is 0 Å². The molecule has 0 bridgehead atoms. The van der Waals surface area contributed by atoms with Gasteiger partial charge in [0.15, 0.2) is 5.58 Å². The summed E-state index contributed by atoms with van der Waals surface area (Å²) < 4.78 is 10.2. The largest absolute Gasteiger partial charge is 0.496 e. The number of aromatic amines is 1. The van der Waals surface area contributed by atoms with Gasteiger partial charge in [-0.3, -0.25) is 4.98 Å². The highest BCUT2D eigenvalue weighted by Gasteiger charge is 2.03. The van der Waals surface area contributed by atoms with Gasteiger partial charge in [-0.15, -0.1) is 0 Å². The van der Waals surface area contributed by atoms with E-state index >= 15 is 0 Å². The molecule has 0 amide bonds. The molecule has 0 aliphatic rings. The number of hydrogen-bond donors (Lipinski definition) is 2. The van der Waals surface area contributed by atoms with Crippen molar-refractivity contribution in [2.75, 3.05) is 12.4 Å². The fourth-order valence-corrected chi connectivity index (χ4v) is 2.32. The van der Waals surface area contributed by atoms with Crippen LogP contribution in [0, 0.1) is 6.92 Å². The molecule has 3 rings (SSSR count). The minimum absolute atomic E-state index is 0.437. The maximum Gasteiger partial charge on any atom is 0.417 e. The Morgan fingerprint density at radius 2 is 2.10 bits per heavy atom. The standard InChI is InChI=1S/C16H16N2O3/c1-10-7-11(3-5-14(10)20-2)9-17-12-4-6-15-13(8-12)18-16(19)21-15/h3-8,17H,9H2,1-2H3,(H,18,19). The van der Waals surface area contributed by atoms with Gasteiger partial charge in [0.2, 0.25) is 0 Å². The number of oxazole rings is 1. The molecule has 2 aromatic carbocycles. The van der Waals surface area contributed by atoms with E-state index in [1.807, 2.05) is 31.2 Å². The first-order valence-electron chi connectivity index (χ1n) is 6.66. The van der Waals surface area contributed by atoms with Crippen molar-refractivity contribution >= 4 is 16.8 Å². The van der Waals surface area contributed by atoms with Crippen LogP contribution < -0.4 is 15.8 Å². The summed E-state index contributed by atoms with van der Waals surface area (Å²) in [6.45, 7) is 2.71. The molecule has 0 radical (unpaired) electrons. The highest BCUT2D eigenvalue weighted by Crippen LogP contribution is 2.20. The molecule has 108 valence electrons. The number of methoxy groups -OCH3 is 1. The van der Waals surface area contributed by atoms with Crippen LogP contribution in [0.4, 0.5) is 5.69 Å². The predicted molar refractivity (Wildman–Crippen MR) is 81.9 cm³/mol. The number of rotatable bonds is 4. The van der Waals surface area contributed by atoms with Gasteiger partial charge in [0.1, 0.15) is 5.75 Å². The molecular formula is C16H16N2O3. The number of benzene rings is 2. The molecular weight excluding hydrogens is 268 g/mol.